The number of nitrogens with zero attached hydrogens (tertiary/aromatic N) is 2. The Labute approximate surface area is 165 Å². The van der Waals surface area contributed by atoms with Gasteiger partial charge in [-0.2, -0.15) is 4.31 Å². The van der Waals surface area contributed by atoms with Crippen LogP contribution >= 0.6 is 0 Å². The predicted molar refractivity (Wildman–Crippen MR) is 107 cm³/mol. The van der Waals surface area contributed by atoms with Crippen molar-refractivity contribution in [3.63, 3.8) is 0 Å². The van der Waals surface area contributed by atoms with Gasteiger partial charge in [-0.25, -0.2) is 8.42 Å². The standard InChI is InChI=1S/C21H24N2O4S/c1-16-21(17-6-3-2-4-7-17)27-15-14-23(16)28(25,26)19-11-9-18(10-12-19)22-13-5-8-20(22)24/h2-4,6-7,9-12,16,21H,5,8,13-15H2,1H3/t16-,21-/m0/s1. The zero-order valence-corrected chi connectivity index (χ0v) is 16.6. The van der Waals surface area contributed by atoms with Crippen molar-refractivity contribution in [2.75, 3.05) is 24.6 Å². The van der Waals surface area contributed by atoms with E-state index in [1.54, 1.807) is 29.2 Å². The van der Waals surface area contributed by atoms with E-state index in [1.165, 1.54) is 4.31 Å². The first-order chi connectivity index (χ1) is 13.5. The van der Waals surface area contributed by atoms with Gasteiger partial charge in [0.25, 0.3) is 0 Å². The highest BCUT2D eigenvalue weighted by molar-refractivity contribution is 7.89. The van der Waals surface area contributed by atoms with Gasteiger partial charge < -0.3 is 9.64 Å². The molecule has 2 heterocycles. The van der Waals surface area contributed by atoms with Crippen molar-refractivity contribution in [2.45, 2.75) is 36.8 Å². The molecular formula is C21H24N2O4S. The molecule has 0 N–H and O–H groups in total. The Morgan fingerprint density at radius 1 is 1.00 bits per heavy atom. The van der Waals surface area contributed by atoms with Gasteiger partial charge in [0.2, 0.25) is 15.9 Å². The van der Waals surface area contributed by atoms with Crippen molar-refractivity contribution in [2.24, 2.45) is 0 Å². The van der Waals surface area contributed by atoms with Crippen molar-refractivity contribution >= 4 is 21.6 Å². The third kappa shape index (κ3) is 3.45. The van der Waals surface area contributed by atoms with Gasteiger partial charge in [-0.3, -0.25) is 4.79 Å². The number of hydrogen-bond donors (Lipinski definition) is 0. The second-order valence-electron chi connectivity index (χ2n) is 7.20. The number of sulfonamides is 1. The molecule has 6 nitrogen and oxygen atoms in total. The number of rotatable bonds is 4. The first-order valence-electron chi connectivity index (χ1n) is 9.57. The topological polar surface area (TPSA) is 66.9 Å². The van der Waals surface area contributed by atoms with Gasteiger partial charge in [0.05, 0.1) is 23.6 Å². The molecule has 2 aromatic carbocycles. The zero-order chi connectivity index (χ0) is 19.7. The summed E-state index contributed by atoms with van der Waals surface area (Å²) in [5.74, 6) is 0.0862. The van der Waals surface area contributed by atoms with E-state index in [0.29, 0.717) is 26.1 Å². The van der Waals surface area contributed by atoms with E-state index in [1.807, 2.05) is 37.3 Å². The lowest BCUT2D eigenvalue weighted by Gasteiger charge is -2.38. The van der Waals surface area contributed by atoms with Gasteiger partial charge in [-0.1, -0.05) is 30.3 Å². The van der Waals surface area contributed by atoms with Crippen molar-refractivity contribution in [3.05, 3.63) is 60.2 Å². The van der Waals surface area contributed by atoms with Crippen LogP contribution in [0.3, 0.4) is 0 Å². The molecule has 2 aliphatic rings. The normalized spacial score (nSPS) is 23.9. The summed E-state index contributed by atoms with van der Waals surface area (Å²) >= 11 is 0. The lowest BCUT2D eigenvalue weighted by molar-refractivity contribution is -0.117. The van der Waals surface area contributed by atoms with Gasteiger partial charge in [0, 0.05) is 25.2 Å². The van der Waals surface area contributed by atoms with Crippen molar-refractivity contribution in [3.8, 4) is 0 Å². The van der Waals surface area contributed by atoms with Gasteiger partial charge in [0.1, 0.15) is 0 Å². The third-order valence-electron chi connectivity index (χ3n) is 5.46. The second-order valence-corrected chi connectivity index (χ2v) is 9.09. The lowest BCUT2D eigenvalue weighted by atomic mass is 10.0. The Morgan fingerprint density at radius 2 is 1.71 bits per heavy atom. The lowest BCUT2D eigenvalue weighted by Crippen LogP contribution is -2.48. The molecule has 0 bridgehead atoms. The number of ether oxygens (including phenoxy) is 1. The molecule has 0 saturated carbocycles. The molecule has 0 radical (unpaired) electrons. The van der Waals surface area contributed by atoms with Crippen LogP contribution in [0.4, 0.5) is 5.69 Å². The molecule has 0 aromatic heterocycles. The van der Waals surface area contributed by atoms with Crippen molar-refractivity contribution in [1.82, 2.24) is 4.31 Å². The number of benzene rings is 2. The molecule has 4 rings (SSSR count). The van der Waals surface area contributed by atoms with E-state index >= 15 is 0 Å². The Kier molecular flexibility index (Phi) is 5.23. The maximum atomic E-state index is 13.3. The SMILES string of the molecule is C[C@H]1[C@@H](c2ccccc2)OCCN1S(=O)(=O)c1ccc(N2CCCC2=O)cc1. The van der Waals surface area contributed by atoms with Crippen LogP contribution in [0.25, 0.3) is 0 Å². The van der Waals surface area contributed by atoms with E-state index in [9.17, 15) is 13.2 Å². The highest BCUT2D eigenvalue weighted by atomic mass is 32.2. The first kappa shape index (κ1) is 19.1. The molecule has 0 spiro atoms. The third-order valence-corrected chi connectivity index (χ3v) is 7.46. The number of morpholine rings is 1. The minimum absolute atomic E-state index is 0.0862. The van der Waals surface area contributed by atoms with Crippen LogP contribution in [0.15, 0.2) is 59.5 Å². The van der Waals surface area contributed by atoms with Gasteiger partial charge in [-0.05, 0) is 43.2 Å². The average molecular weight is 401 g/mol. The summed E-state index contributed by atoms with van der Waals surface area (Å²) in [5.41, 5.74) is 1.72. The number of anilines is 1. The average Bonchev–Trinajstić information content (AvgIpc) is 3.14. The summed E-state index contributed by atoms with van der Waals surface area (Å²) in [4.78, 5) is 13.9. The molecule has 7 heteroatoms. The van der Waals surface area contributed by atoms with E-state index < -0.39 is 10.0 Å². The molecular weight excluding hydrogens is 376 g/mol. The van der Waals surface area contributed by atoms with Crippen molar-refractivity contribution in [1.29, 1.82) is 0 Å². The summed E-state index contributed by atoms with van der Waals surface area (Å²) in [7, 11) is -3.66. The zero-order valence-electron chi connectivity index (χ0n) is 15.8. The van der Waals surface area contributed by atoms with E-state index in [0.717, 1.165) is 17.7 Å². The first-order valence-corrected chi connectivity index (χ1v) is 11.0. The molecule has 1 amide bonds. The molecule has 0 aliphatic carbocycles. The summed E-state index contributed by atoms with van der Waals surface area (Å²) in [6, 6.07) is 16.0. The van der Waals surface area contributed by atoms with E-state index in [-0.39, 0.29) is 22.9 Å². The minimum atomic E-state index is -3.66. The maximum Gasteiger partial charge on any atom is 0.243 e. The number of carbonyl (C=O) groups excluding carboxylic acids is 1. The smallest absolute Gasteiger partial charge is 0.243 e. The molecule has 148 valence electrons. The van der Waals surface area contributed by atoms with Crippen LogP contribution in [0.1, 0.15) is 31.4 Å². The van der Waals surface area contributed by atoms with Gasteiger partial charge >= 0.3 is 0 Å². The Morgan fingerprint density at radius 3 is 2.36 bits per heavy atom. The maximum absolute atomic E-state index is 13.3. The monoisotopic (exact) mass is 400 g/mol. The fourth-order valence-electron chi connectivity index (χ4n) is 3.97. The molecule has 2 saturated heterocycles. The van der Waals surface area contributed by atoms with E-state index in [2.05, 4.69) is 0 Å². The Balaban J connectivity index is 1.58. The molecule has 2 fully saturated rings. The second kappa shape index (κ2) is 7.66. The van der Waals surface area contributed by atoms with Gasteiger partial charge in [-0.15, -0.1) is 0 Å². The largest absolute Gasteiger partial charge is 0.370 e. The van der Waals surface area contributed by atoms with Crippen molar-refractivity contribution < 1.29 is 17.9 Å². The van der Waals surface area contributed by atoms with Crippen LogP contribution in [0, 0.1) is 0 Å². The molecule has 0 unspecified atom stereocenters. The number of hydrogen-bond acceptors (Lipinski definition) is 4. The molecule has 2 aromatic rings. The molecule has 2 aliphatic heterocycles. The highest BCUT2D eigenvalue weighted by Crippen LogP contribution is 2.32. The number of amides is 1. The fraction of sp³-hybridized carbons (Fsp3) is 0.381. The Hall–Kier alpha value is -2.22. The van der Waals surface area contributed by atoms with E-state index in [4.69, 9.17) is 4.74 Å². The highest BCUT2D eigenvalue weighted by Gasteiger charge is 2.38. The Bertz CT molecular complexity index is 944. The summed E-state index contributed by atoms with van der Waals surface area (Å²) in [5, 5.41) is 0. The fourth-order valence-corrected chi connectivity index (χ4v) is 5.59. The predicted octanol–water partition coefficient (Wildman–Crippen LogP) is 2.96. The molecule has 28 heavy (non-hydrogen) atoms. The summed E-state index contributed by atoms with van der Waals surface area (Å²) < 4.78 is 33.9. The van der Waals surface area contributed by atoms with Crippen LogP contribution in [-0.2, 0) is 19.6 Å². The number of carbonyl (C=O) groups is 1. The molecule has 2 atom stereocenters. The van der Waals surface area contributed by atoms with Crippen LogP contribution in [0.2, 0.25) is 0 Å². The van der Waals surface area contributed by atoms with Gasteiger partial charge in [0.15, 0.2) is 0 Å². The van der Waals surface area contributed by atoms with Crippen LogP contribution in [0.5, 0.6) is 0 Å². The van der Waals surface area contributed by atoms with Crippen LogP contribution < -0.4 is 4.90 Å². The summed E-state index contributed by atoms with van der Waals surface area (Å²) in [6.07, 6.45) is 1.09. The summed E-state index contributed by atoms with van der Waals surface area (Å²) in [6.45, 7) is 3.23. The quantitative estimate of drug-likeness (QED) is 0.791. The van der Waals surface area contributed by atoms with Crippen LogP contribution in [-0.4, -0.2) is 44.4 Å². The minimum Gasteiger partial charge on any atom is -0.370 e.